The molecule has 0 aromatic carbocycles. The van der Waals surface area contributed by atoms with Gasteiger partial charge in [-0.1, -0.05) is 19.3 Å². The van der Waals surface area contributed by atoms with Crippen molar-refractivity contribution in [3.8, 4) is 0 Å². The molecule has 0 aromatic heterocycles. The molecule has 0 radical (unpaired) electrons. The van der Waals surface area contributed by atoms with Crippen molar-refractivity contribution in [2.45, 2.75) is 62.9 Å². The summed E-state index contributed by atoms with van der Waals surface area (Å²) < 4.78 is 5.83. The van der Waals surface area contributed by atoms with Crippen LogP contribution in [0.5, 0.6) is 0 Å². The second-order valence-electron chi connectivity index (χ2n) is 6.20. The molecule has 3 N–H and O–H groups in total. The molecule has 1 saturated carbocycles. The minimum absolute atomic E-state index is 0.176. The molecule has 2 fully saturated rings. The molecular formula is C15H27N3O. The Balaban J connectivity index is 1.85. The molecule has 1 unspecified atom stereocenters. The van der Waals surface area contributed by atoms with Crippen LogP contribution in [-0.2, 0) is 4.74 Å². The van der Waals surface area contributed by atoms with Gasteiger partial charge in [-0.3, -0.25) is 10.7 Å². The summed E-state index contributed by atoms with van der Waals surface area (Å²) in [6.07, 6.45) is 12.5. The summed E-state index contributed by atoms with van der Waals surface area (Å²) in [5.41, 5.74) is 3.29. The van der Waals surface area contributed by atoms with Crippen molar-refractivity contribution in [2.24, 2.45) is 5.84 Å². The van der Waals surface area contributed by atoms with E-state index in [0.717, 1.165) is 18.8 Å². The average molecular weight is 265 g/mol. The number of piperidine rings is 1. The molecule has 4 nitrogen and oxygen atoms in total. The van der Waals surface area contributed by atoms with Crippen LogP contribution in [0, 0.1) is 0 Å². The molecule has 2 heterocycles. The zero-order chi connectivity index (χ0) is 13.1. The molecule has 108 valence electrons. The van der Waals surface area contributed by atoms with Crippen molar-refractivity contribution in [1.82, 2.24) is 10.3 Å². The molecule has 19 heavy (non-hydrogen) atoms. The third-order valence-electron chi connectivity index (χ3n) is 5.18. The Labute approximate surface area is 116 Å². The van der Waals surface area contributed by atoms with Crippen molar-refractivity contribution in [2.75, 3.05) is 19.7 Å². The van der Waals surface area contributed by atoms with E-state index in [-0.39, 0.29) is 11.6 Å². The van der Waals surface area contributed by atoms with Crippen molar-refractivity contribution in [3.05, 3.63) is 11.8 Å². The summed E-state index contributed by atoms with van der Waals surface area (Å²) >= 11 is 0. The number of nitrogens with two attached hydrogens (primary N) is 1. The smallest absolute Gasteiger partial charge is 0.112 e. The number of nitrogens with one attached hydrogen (secondary N) is 1. The highest BCUT2D eigenvalue weighted by atomic mass is 16.5. The topological polar surface area (TPSA) is 50.5 Å². The van der Waals surface area contributed by atoms with Crippen LogP contribution < -0.4 is 11.3 Å². The Kier molecular flexibility index (Phi) is 4.10. The second-order valence-corrected chi connectivity index (χ2v) is 6.20. The van der Waals surface area contributed by atoms with Gasteiger partial charge in [0.05, 0.1) is 12.6 Å². The van der Waals surface area contributed by atoms with Crippen LogP contribution >= 0.6 is 0 Å². The van der Waals surface area contributed by atoms with Gasteiger partial charge in [0, 0.05) is 12.0 Å². The van der Waals surface area contributed by atoms with Gasteiger partial charge in [-0.05, 0) is 44.8 Å². The van der Waals surface area contributed by atoms with Crippen LogP contribution in [0.15, 0.2) is 11.8 Å². The van der Waals surface area contributed by atoms with Crippen molar-refractivity contribution >= 4 is 0 Å². The number of hydrogen-bond donors (Lipinski definition) is 2. The summed E-state index contributed by atoms with van der Waals surface area (Å²) in [4.78, 5) is 2.70. The zero-order valence-electron chi connectivity index (χ0n) is 11.9. The number of hydrogen-bond acceptors (Lipinski definition) is 4. The summed E-state index contributed by atoms with van der Waals surface area (Å²) in [7, 11) is 0. The van der Waals surface area contributed by atoms with Crippen LogP contribution in [0.2, 0.25) is 0 Å². The van der Waals surface area contributed by atoms with Gasteiger partial charge in [0.25, 0.3) is 0 Å². The fraction of sp³-hybridized carbons (Fsp3) is 0.867. The molecule has 3 rings (SSSR count). The minimum atomic E-state index is 0.176. The highest BCUT2D eigenvalue weighted by molar-refractivity contribution is 5.18. The molecule has 1 atom stereocenters. The predicted molar refractivity (Wildman–Crippen MR) is 76.4 cm³/mol. The standard InChI is InChI=1S/C15H27N3O/c16-17-14(13-7-6-12-19-13)15(8-2-3-9-15)18-10-4-1-5-11-18/h7,14,17H,1-6,8-12,16H2. The average Bonchev–Trinajstić information content (AvgIpc) is 3.13. The number of ether oxygens (including phenoxy) is 1. The normalized spacial score (nSPS) is 29.0. The predicted octanol–water partition coefficient (Wildman–Crippen LogP) is 1.92. The molecule has 0 aromatic rings. The van der Waals surface area contributed by atoms with Gasteiger partial charge in [-0.2, -0.15) is 0 Å². The van der Waals surface area contributed by atoms with E-state index < -0.39 is 0 Å². The van der Waals surface area contributed by atoms with Gasteiger partial charge in [-0.15, -0.1) is 0 Å². The Morgan fingerprint density at radius 2 is 1.89 bits per heavy atom. The first-order chi connectivity index (χ1) is 9.37. The van der Waals surface area contributed by atoms with Crippen molar-refractivity contribution < 1.29 is 4.74 Å². The largest absolute Gasteiger partial charge is 0.496 e. The second kappa shape index (κ2) is 5.81. The van der Waals surface area contributed by atoms with Crippen LogP contribution in [0.25, 0.3) is 0 Å². The van der Waals surface area contributed by atoms with E-state index in [1.54, 1.807) is 0 Å². The molecular weight excluding hydrogens is 238 g/mol. The van der Waals surface area contributed by atoms with Gasteiger partial charge in [-0.25, -0.2) is 5.43 Å². The van der Waals surface area contributed by atoms with Crippen LogP contribution in [0.1, 0.15) is 51.4 Å². The number of likely N-dealkylation sites (tertiary alicyclic amines) is 1. The molecule has 2 aliphatic heterocycles. The maximum absolute atomic E-state index is 5.93. The van der Waals surface area contributed by atoms with Crippen molar-refractivity contribution in [1.29, 1.82) is 0 Å². The van der Waals surface area contributed by atoms with Crippen LogP contribution in [0.4, 0.5) is 0 Å². The first-order valence-corrected chi connectivity index (χ1v) is 7.91. The summed E-state index contributed by atoms with van der Waals surface area (Å²) in [5.74, 6) is 7.02. The van der Waals surface area contributed by atoms with Gasteiger partial charge in [0.2, 0.25) is 0 Å². The Morgan fingerprint density at radius 3 is 2.47 bits per heavy atom. The van der Waals surface area contributed by atoms with Gasteiger partial charge in [0.15, 0.2) is 0 Å². The molecule has 1 saturated heterocycles. The van der Waals surface area contributed by atoms with Gasteiger partial charge >= 0.3 is 0 Å². The molecule has 0 amide bonds. The Morgan fingerprint density at radius 1 is 1.16 bits per heavy atom. The quantitative estimate of drug-likeness (QED) is 0.602. The van der Waals surface area contributed by atoms with E-state index in [4.69, 9.17) is 10.6 Å². The fourth-order valence-corrected chi connectivity index (χ4v) is 4.25. The lowest BCUT2D eigenvalue weighted by Gasteiger charge is -2.48. The van der Waals surface area contributed by atoms with E-state index >= 15 is 0 Å². The van der Waals surface area contributed by atoms with E-state index in [0.29, 0.717) is 0 Å². The lowest BCUT2D eigenvalue weighted by Crippen LogP contribution is -2.63. The van der Waals surface area contributed by atoms with E-state index in [1.807, 2.05) is 0 Å². The molecule has 0 spiro atoms. The molecule has 0 bridgehead atoms. The highest BCUT2D eigenvalue weighted by Gasteiger charge is 2.48. The fourth-order valence-electron chi connectivity index (χ4n) is 4.25. The number of rotatable bonds is 4. The minimum Gasteiger partial charge on any atom is -0.496 e. The Hall–Kier alpha value is -0.580. The van der Waals surface area contributed by atoms with Crippen LogP contribution in [0.3, 0.4) is 0 Å². The Bertz CT molecular complexity index is 330. The van der Waals surface area contributed by atoms with E-state index in [2.05, 4.69) is 16.4 Å². The summed E-state index contributed by atoms with van der Waals surface area (Å²) in [5, 5.41) is 0. The monoisotopic (exact) mass is 265 g/mol. The summed E-state index contributed by atoms with van der Waals surface area (Å²) in [6, 6.07) is 0.176. The highest BCUT2D eigenvalue weighted by Crippen LogP contribution is 2.42. The SMILES string of the molecule is NNC(C1=CCCO1)C1(N2CCCCC2)CCCC1. The number of hydrazine groups is 1. The third-order valence-corrected chi connectivity index (χ3v) is 5.18. The van der Waals surface area contributed by atoms with Gasteiger partial charge in [0.1, 0.15) is 5.76 Å². The van der Waals surface area contributed by atoms with Gasteiger partial charge < -0.3 is 4.74 Å². The lowest BCUT2D eigenvalue weighted by atomic mass is 9.83. The first-order valence-electron chi connectivity index (χ1n) is 7.91. The summed E-state index contributed by atoms with van der Waals surface area (Å²) in [6.45, 7) is 3.28. The van der Waals surface area contributed by atoms with E-state index in [1.165, 1.54) is 58.0 Å². The first kappa shape index (κ1) is 13.4. The molecule has 1 aliphatic carbocycles. The van der Waals surface area contributed by atoms with Crippen molar-refractivity contribution in [3.63, 3.8) is 0 Å². The molecule has 4 heteroatoms. The maximum Gasteiger partial charge on any atom is 0.112 e. The zero-order valence-corrected chi connectivity index (χ0v) is 11.9. The van der Waals surface area contributed by atoms with E-state index in [9.17, 15) is 0 Å². The molecule has 3 aliphatic rings. The number of nitrogens with zero attached hydrogens (tertiary/aromatic N) is 1. The lowest BCUT2D eigenvalue weighted by molar-refractivity contribution is 0.0295. The van der Waals surface area contributed by atoms with Crippen LogP contribution in [-0.4, -0.2) is 36.2 Å². The third kappa shape index (κ3) is 2.41. The maximum atomic E-state index is 5.93.